The van der Waals surface area contributed by atoms with Crippen LogP contribution in [-0.4, -0.2) is 56.2 Å². The van der Waals surface area contributed by atoms with Crippen molar-refractivity contribution in [2.45, 2.75) is 12.7 Å². The van der Waals surface area contributed by atoms with Crippen LogP contribution in [0.3, 0.4) is 0 Å². The number of sulfone groups is 1. The molecule has 0 spiro atoms. The van der Waals surface area contributed by atoms with E-state index in [0.29, 0.717) is 19.6 Å². The predicted molar refractivity (Wildman–Crippen MR) is 91.0 cm³/mol. The molecular weight excluding hydrogens is 320 g/mol. The maximum Gasteiger partial charge on any atom is 0.317 e. The number of benzene rings is 1. The summed E-state index contributed by atoms with van der Waals surface area (Å²) in [5.74, 6) is 1.91. The van der Waals surface area contributed by atoms with Crippen molar-refractivity contribution in [2.75, 3.05) is 36.9 Å². The maximum atomic E-state index is 11.9. The van der Waals surface area contributed by atoms with Gasteiger partial charge in [-0.1, -0.05) is 29.8 Å². The molecule has 0 unspecified atom stereocenters. The number of nitrogens with one attached hydrogen (secondary N) is 1. The number of hydrogen-bond acceptors (Lipinski definition) is 4. The van der Waals surface area contributed by atoms with E-state index in [4.69, 9.17) is 0 Å². The van der Waals surface area contributed by atoms with Gasteiger partial charge in [-0.3, -0.25) is 0 Å². The molecule has 0 bridgehead atoms. The first-order valence-corrected chi connectivity index (χ1v) is 10.3. The molecule has 1 fully saturated rings. The average Bonchev–Trinajstić information content (AvgIpc) is 2.48. The lowest BCUT2D eigenvalue weighted by atomic mass is 10.2. The van der Waals surface area contributed by atoms with Crippen LogP contribution in [0.25, 0.3) is 0 Å². The highest BCUT2D eigenvalue weighted by Gasteiger charge is 2.24. The third kappa shape index (κ3) is 5.53. The van der Waals surface area contributed by atoms with Crippen LogP contribution in [0.4, 0.5) is 4.79 Å². The third-order valence-electron chi connectivity index (χ3n) is 3.54. The first-order valence-electron chi connectivity index (χ1n) is 7.33. The zero-order valence-electron chi connectivity index (χ0n) is 12.7. The first kappa shape index (κ1) is 17.1. The Bertz CT molecular complexity index is 586. The average molecular weight is 342 g/mol. The SMILES string of the molecule is Cc1ccc(CSCCNC(=O)N2CCS(=O)(=O)CC2)cc1. The standard InChI is InChI=1S/C15H22N2O3S2/c1-13-2-4-14(5-3-13)12-21-9-6-16-15(18)17-7-10-22(19,20)11-8-17/h2-5H,6-12H2,1H3,(H,16,18). The Morgan fingerprint density at radius 2 is 1.86 bits per heavy atom. The van der Waals surface area contributed by atoms with E-state index in [0.717, 1.165) is 11.5 Å². The quantitative estimate of drug-likeness (QED) is 0.827. The van der Waals surface area contributed by atoms with Crippen molar-refractivity contribution in [3.8, 4) is 0 Å². The Kier molecular flexibility index (Phi) is 6.14. The lowest BCUT2D eigenvalue weighted by Gasteiger charge is -2.26. The van der Waals surface area contributed by atoms with Crippen molar-refractivity contribution in [1.82, 2.24) is 10.2 Å². The van der Waals surface area contributed by atoms with E-state index in [1.165, 1.54) is 11.1 Å². The van der Waals surface area contributed by atoms with Gasteiger partial charge < -0.3 is 10.2 Å². The smallest absolute Gasteiger partial charge is 0.317 e. The molecule has 0 radical (unpaired) electrons. The van der Waals surface area contributed by atoms with Crippen LogP contribution < -0.4 is 5.32 Å². The summed E-state index contributed by atoms with van der Waals surface area (Å²) in [6.45, 7) is 3.26. The van der Waals surface area contributed by atoms with Crippen LogP contribution >= 0.6 is 11.8 Å². The van der Waals surface area contributed by atoms with Gasteiger partial charge in [0, 0.05) is 31.1 Å². The van der Waals surface area contributed by atoms with Crippen LogP contribution in [0.2, 0.25) is 0 Å². The van der Waals surface area contributed by atoms with Crippen molar-refractivity contribution in [3.05, 3.63) is 35.4 Å². The van der Waals surface area contributed by atoms with E-state index in [-0.39, 0.29) is 17.5 Å². The summed E-state index contributed by atoms with van der Waals surface area (Å²) in [7, 11) is -2.94. The predicted octanol–water partition coefficient (Wildman–Crippen LogP) is 1.67. The number of amides is 2. The van der Waals surface area contributed by atoms with Crippen molar-refractivity contribution < 1.29 is 13.2 Å². The lowest BCUT2D eigenvalue weighted by Crippen LogP contribution is -2.48. The molecule has 1 aromatic carbocycles. The van der Waals surface area contributed by atoms with Crippen molar-refractivity contribution in [3.63, 3.8) is 0 Å². The Morgan fingerprint density at radius 3 is 2.50 bits per heavy atom. The van der Waals surface area contributed by atoms with Crippen LogP contribution in [0.1, 0.15) is 11.1 Å². The van der Waals surface area contributed by atoms with E-state index in [9.17, 15) is 13.2 Å². The fourth-order valence-electron chi connectivity index (χ4n) is 2.13. The number of aryl methyl sites for hydroxylation is 1. The fourth-order valence-corrected chi connectivity index (χ4v) is 4.15. The second-order valence-electron chi connectivity index (χ2n) is 5.41. The Morgan fingerprint density at radius 1 is 1.23 bits per heavy atom. The Hall–Kier alpha value is -1.21. The molecule has 7 heteroatoms. The minimum atomic E-state index is -2.94. The summed E-state index contributed by atoms with van der Waals surface area (Å²) in [5.41, 5.74) is 2.53. The summed E-state index contributed by atoms with van der Waals surface area (Å²) in [4.78, 5) is 13.5. The molecule has 2 amide bonds. The fraction of sp³-hybridized carbons (Fsp3) is 0.533. The van der Waals surface area contributed by atoms with Gasteiger partial charge in [0.1, 0.15) is 0 Å². The molecule has 0 atom stereocenters. The zero-order chi connectivity index (χ0) is 16.0. The molecule has 1 saturated heterocycles. The number of thioether (sulfide) groups is 1. The molecule has 122 valence electrons. The minimum absolute atomic E-state index is 0.0720. The van der Waals surface area contributed by atoms with E-state index >= 15 is 0 Å². The topological polar surface area (TPSA) is 66.5 Å². The number of nitrogens with zero attached hydrogens (tertiary/aromatic N) is 1. The normalized spacial score (nSPS) is 17.2. The van der Waals surface area contributed by atoms with Gasteiger partial charge in [-0.25, -0.2) is 13.2 Å². The zero-order valence-corrected chi connectivity index (χ0v) is 14.4. The van der Waals surface area contributed by atoms with Crippen LogP contribution in [0.15, 0.2) is 24.3 Å². The highest BCUT2D eigenvalue weighted by atomic mass is 32.2. The minimum Gasteiger partial charge on any atom is -0.337 e. The van der Waals surface area contributed by atoms with Crippen LogP contribution in [0, 0.1) is 6.92 Å². The molecule has 2 rings (SSSR count). The highest BCUT2D eigenvalue weighted by molar-refractivity contribution is 7.98. The Balaban J connectivity index is 1.60. The number of carbonyl (C=O) groups is 1. The number of urea groups is 1. The summed E-state index contributed by atoms with van der Waals surface area (Å²) in [5, 5.41) is 2.85. The number of hydrogen-bond donors (Lipinski definition) is 1. The number of rotatable bonds is 5. The van der Waals surface area contributed by atoms with E-state index in [1.54, 1.807) is 16.7 Å². The molecule has 1 N–H and O–H groups in total. The molecule has 1 aromatic rings. The molecule has 1 aliphatic rings. The highest BCUT2D eigenvalue weighted by Crippen LogP contribution is 2.12. The molecule has 0 aliphatic carbocycles. The van der Waals surface area contributed by atoms with Gasteiger partial charge in [0.2, 0.25) is 0 Å². The summed E-state index contributed by atoms with van der Waals surface area (Å²) in [6, 6.07) is 8.28. The van der Waals surface area contributed by atoms with Gasteiger partial charge >= 0.3 is 6.03 Å². The van der Waals surface area contributed by atoms with Gasteiger partial charge in [-0.05, 0) is 12.5 Å². The lowest BCUT2D eigenvalue weighted by molar-refractivity contribution is 0.203. The van der Waals surface area contributed by atoms with Gasteiger partial charge in [0.05, 0.1) is 11.5 Å². The van der Waals surface area contributed by atoms with E-state index in [1.807, 2.05) is 0 Å². The van der Waals surface area contributed by atoms with Gasteiger partial charge in [0.25, 0.3) is 0 Å². The summed E-state index contributed by atoms with van der Waals surface area (Å²) in [6.07, 6.45) is 0. The van der Waals surface area contributed by atoms with Crippen molar-refractivity contribution in [2.24, 2.45) is 0 Å². The molecule has 0 aromatic heterocycles. The number of carbonyl (C=O) groups excluding carboxylic acids is 1. The van der Waals surface area contributed by atoms with E-state index < -0.39 is 9.84 Å². The molecule has 1 aliphatic heterocycles. The van der Waals surface area contributed by atoms with Crippen molar-refractivity contribution >= 4 is 27.6 Å². The summed E-state index contributed by atoms with van der Waals surface area (Å²) < 4.78 is 22.6. The van der Waals surface area contributed by atoms with Gasteiger partial charge in [-0.15, -0.1) is 0 Å². The monoisotopic (exact) mass is 342 g/mol. The van der Waals surface area contributed by atoms with Gasteiger partial charge in [0.15, 0.2) is 9.84 Å². The van der Waals surface area contributed by atoms with Crippen LogP contribution in [0.5, 0.6) is 0 Å². The van der Waals surface area contributed by atoms with Crippen LogP contribution in [-0.2, 0) is 15.6 Å². The maximum absolute atomic E-state index is 11.9. The largest absolute Gasteiger partial charge is 0.337 e. The third-order valence-corrected chi connectivity index (χ3v) is 6.18. The molecule has 5 nitrogen and oxygen atoms in total. The Labute approximate surface area is 136 Å². The molecule has 22 heavy (non-hydrogen) atoms. The molecule has 1 heterocycles. The van der Waals surface area contributed by atoms with Crippen molar-refractivity contribution in [1.29, 1.82) is 0 Å². The van der Waals surface area contributed by atoms with Gasteiger partial charge in [-0.2, -0.15) is 11.8 Å². The summed E-state index contributed by atoms with van der Waals surface area (Å²) >= 11 is 1.77. The molecule has 0 saturated carbocycles. The second kappa shape index (κ2) is 7.87. The van der Waals surface area contributed by atoms with E-state index in [2.05, 4.69) is 36.5 Å². The first-order chi connectivity index (χ1) is 10.5. The second-order valence-corrected chi connectivity index (χ2v) is 8.82. The molecular formula is C15H22N2O3S2.